The van der Waals surface area contributed by atoms with Gasteiger partial charge >= 0.3 is 0 Å². The fourth-order valence-electron chi connectivity index (χ4n) is 6.40. The van der Waals surface area contributed by atoms with Gasteiger partial charge in [-0.2, -0.15) is 0 Å². The number of aromatic nitrogens is 6. The molecule has 0 N–H and O–H groups in total. The molecule has 0 saturated heterocycles. The molecule has 0 saturated carbocycles. The predicted molar refractivity (Wildman–Crippen MR) is 217 cm³/mol. The van der Waals surface area contributed by atoms with Crippen LogP contribution in [0.4, 0.5) is 0 Å². The van der Waals surface area contributed by atoms with Gasteiger partial charge in [0.25, 0.3) is 0 Å². The first-order valence-electron chi connectivity index (χ1n) is 16.6. The topological polar surface area (TPSA) is 61.4 Å². The minimum Gasteiger partial charge on any atom is -0.275 e. The molecule has 0 fully saturated rings. The molecule has 2 aromatic heterocycles. The van der Waals surface area contributed by atoms with Gasteiger partial charge in [-0.1, -0.05) is 165 Å². The Hall–Kier alpha value is -5.22. The summed E-state index contributed by atoms with van der Waals surface area (Å²) < 4.78 is 6.32. The minimum absolute atomic E-state index is 0.801. The van der Waals surface area contributed by atoms with Crippen molar-refractivity contribution < 1.29 is 0 Å². The normalized spacial score (nSPS) is 11.5. The molecule has 0 atom stereocenters. The minimum atomic E-state index is -2.06. The summed E-state index contributed by atoms with van der Waals surface area (Å²) in [6.07, 6.45) is 0. The van der Waals surface area contributed by atoms with E-state index in [9.17, 15) is 0 Å². The average Bonchev–Trinajstić information content (AvgIpc) is 3.82. The van der Waals surface area contributed by atoms with E-state index in [-0.39, 0.29) is 0 Å². The maximum atomic E-state index is 4.70. The van der Waals surface area contributed by atoms with Crippen molar-refractivity contribution in [2.45, 2.75) is 13.1 Å². The zero-order chi connectivity index (χ0) is 35.0. The molecule has 0 radical (unpaired) electrons. The molecule has 6 nitrogen and oxygen atoms in total. The summed E-state index contributed by atoms with van der Waals surface area (Å²) in [6.45, 7) is 4.79. The van der Waals surface area contributed by atoms with Crippen molar-refractivity contribution in [3.05, 3.63) is 167 Å². The summed E-state index contributed by atoms with van der Waals surface area (Å²) in [5.41, 5.74) is 6.06. The first kappa shape index (κ1) is 33.0. The Morgan fingerprint density at radius 1 is 0.373 bits per heavy atom. The largest absolute Gasteiger partial charge is 0.275 e. The molecular weight excluding hydrogens is 776 g/mol. The summed E-state index contributed by atoms with van der Waals surface area (Å²) in [4.78, 5) is 0. The lowest BCUT2D eigenvalue weighted by molar-refractivity contribution is 1.07. The van der Waals surface area contributed by atoms with E-state index in [0.29, 0.717) is 0 Å². The maximum absolute atomic E-state index is 4.70. The van der Waals surface area contributed by atoms with Crippen molar-refractivity contribution in [2.24, 2.45) is 0 Å². The first-order valence-corrected chi connectivity index (χ1v) is 21.2. The van der Waals surface area contributed by atoms with Crippen LogP contribution in [0.2, 0.25) is 13.1 Å². The van der Waals surface area contributed by atoms with Crippen molar-refractivity contribution >= 4 is 50.3 Å². The Bertz CT molecular complexity index is 2250. The number of hydrogen-bond donors (Lipinski definition) is 0. The molecule has 0 aliphatic rings. The SMILES string of the molecule is C[Si](C)(c1ccc(-c2nnc(-c3ccc(Br)cc3)n2-c2ccccc2)cc1)c1ccc(-c2nnc(-c3ccc(Br)cc3)n2-c2ccccc2)cc1. The van der Waals surface area contributed by atoms with E-state index >= 15 is 0 Å². The standard InChI is InChI=1S/C42H32Br2N6Si/c1-51(2,37-25-17-31(18-26-37)41-47-45-39(29-13-21-33(43)22-14-29)49(41)35-9-5-3-6-10-35)38-27-19-32(20-28-38)42-48-46-40(30-15-23-34(44)24-16-30)50(42)36-11-7-4-8-12-36/h3-28H,1-2H3. The molecule has 0 spiro atoms. The fourth-order valence-corrected chi connectivity index (χ4v) is 9.26. The van der Waals surface area contributed by atoms with Crippen LogP contribution in [0.15, 0.2) is 167 Å². The predicted octanol–water partition coefficient (Wildman–Crippen LogP) is 9.86. The third-order valence-corrected chi connectivity index (χ3v) is 13.9. The van der Waals surface area contributed by atoms with Crippen LogP contribution in [0.3, 0.4) is 0 Å². The lowest BCUT2D eigenvalue weighted by Crippen LogP contribution is -2.52. The van der Waals surface area contributed by atoms with Crippen LogP contribution in [0.1, 0.15) is 0 Å². The highest BCUT2D eigenvalue weighted by Gasteiger charge is 2.27. The van der Waals surface area contributed by atoms with Gasteiger partial charge in [0.05, 0.1) is 0 Å². The van der Waals surface area contributed by atoms with Crippen LogP contribution < -0.4 is 10.4 Å². The van der Waals surface area contributed by atoms with E-state index < -0.39 is 8.07 Å². The van der Waals surface area contributed by atoms with Crippen molar-refractivity contribution in [1.82, 2.24) is 29.5 Å². The van der Waals surface area contributed by atoms with Gasteiger partial charge < -0.3 is 0 Å². The molecule has 0 unspecified atom stereocenters. The maximum Gasteiger partial charge on any atom is 0.168 e. The second-order valence-electron chi connectivity index (χ2n) is 12.8. The summed E-state index contributed by atoms with van der Waals surface area (Å²) in [5, 5.41) is 21.4. The van der Waals surface area contributed by atoms with Gasteiger partial charge in [-0.15, -0.1) is 20.4 Å². The molecule has 0 aliphatic carbocycles. The second-order valence-corrected chi connectivity index (χ2v) is 19.1. The Kier molecular flexibility index (Phi) is 8.93. The molecule has 9 heteroatoms. The van der Waals surface area contributed by atoms with E-state index in [1.807, 2.05) is 60.7 Å². The van der Waals surface area contributed by atoms with Gasteiger partial charge in [0, 0.05) is 42.6 Å². The molecule has 51 heavy (non-hydrogen) atoms. The van der Waals surface area contributed by atoms with E-state index in [2.05, 4.69) is 161 Å². The quantitative estimate of drug-likeness (QED) is 0.144. The van der Waals surface area contributed by atoms with Crippen LogP contribution in [0.5, 0.6) is 0 Å². The Morgan fingerprint density at radius 2 is 0.647 bits per heavy atom. The molecule has 0 bridgehead atoms. The molecule has 8 rings (SSSR count). The van der Waals surface area contributed by atoms with Crippen LogP contribution in [0, 0.1) is 0 Å². The first-order chi connectivity index (χ1) is 24.9. The third kappa shape index (κ3) is 6.44. The van der Waals surface area contributed by atoms with Crippen molar-refractivity contribution in [3.8, 4) is 56.9 Å². The van der Waals surface area contributed by atoms with Gasteiger partial charge in [0.2, 0.25) is 0 Å². The highest BCUT2D eigenvalue weighted by atomic mass is 79.9. The Labute approximate surface area is 314 Å². The highest BCUT2D eigenvalue weighted by Crippen LogP contribution is 2.31. The lowest BCUT2D eigenvalue weighted by Gasteiger charge is -2.24. The van der Waals surface area contributed by atoms with Crippen LogP contribution >= 0.6 is 31.9 Å². The van der Waals surface area contributed by atoms with E-state index in [1.54, 1.807) is 0 Å². The summed E-state index contributed by atoms with van der Waals surface area (Å²) in [5.74, 6) is 3.21. The Balaban J connectivity index is 1.11. The number of rotatable bonds is 8. The van der Waals surface area contributed by atoms with Gasteiger partial charge in [-0.3, -0.25) is 9.13 Å². The zero-order valence-corrected chi connectivity index (χ0v) is 32.1. The van der Waals surface area contributed by atoms with Gasteiger partial charge in [0.1, 0.15) is 8.07 Å². The number of para-hydroxylation sites is 2. The fraction of sp³-hybridized carbons (Fsp3) is 0.0476. The van der Waals surface area contributed by atoms with Gasteiger partial charge in [-0.25, -0.2) is 0 Å². The summed E-state index contributed by atoms with van der Waals surface area (Å²) in [7, 11) is -2.06. The van der Waals surface area contributed by atoms with E-state index in [1.165, 1.54) is 10.4 Å². The van der Waals surface area contributed by atoms with Crippen molar-refractivity contribution in [3.63, 3.8) is 0 Å². The Morgan fingerprint density at radius 3 is 0.941 bits per heavy atom. The van der Waals surface area contributed by atoms with Crippen LogP contribution in [-0.2, 0) is 0 Å². The molecule has 0 aliphatic heterocycles. The monoisotopic (exact) mass is 806 g/mol. The molecule has 2 heterocycles. The summed E-state index contributed by atoms with van der Waals surface area (Å²) >= 11 is 7.10. The number of hydrogen-bond acceptors (Lipinski definition) is 4. The highest BCUT2D eigenvalue weighted by molar-refractivity contribution is 9.10. The second kappa shape index (κ2) is 13.8. The zero-order valence-electron chi connectivity index (χ0n) is 28.0. The van der Waals surface area contributed by atoms with Crippen molar-refractivity contribution in [1.29, 1.82) is 0 Å². The smallest absolute Gasteiger partial charge is 0.168 e. The molecule has 8 aromatic rings. The number of nitrogens with zero attached hydrogens (tertiary/aromatic N) is 6. The average molecular weight is 809 g/mol. The van der Waals surface area contributed by atoms with Gasteiger partial charge in [0.15, 0.2) is 23.3 Å². The van der Waals surface area contributed by atoms with Crippen LogP contribution in [0.25, 0.3) is 56.9 Å². The molecule has 6 aromatic carbocycles. The number of benzene rings is 6. The van der Waals surface area contributed by atoms with Crippen LogP contribution in [-0.4, -0.2) is 37.6 Å². The van der Waals surface area contributed by atoms with Gasteiger partial charge in [-0.05, 0) is 48.5 Å². The number of halogens is 2. The van der Waals surface area contributed by atoms with Crippen molar-refractivity contribution in [2.75, 3.05) is 0 Å². The van der Waals surface area contributed by atoms with E-state index in [0.717, 1.165) is 65.9 Å². The lowest BCUT2D eigenvalue weighted by atomic mass is 10.1. The van der Waals surface area contributed by atoms with E-state index in [4.69, 9.17) is 10.2 Å². The summed E-state index contributed by atoms with van der Waals surface area (Å²) in [6, 6.07) is 54.7. The third-order valence-electron chi connectivity index (χ3n) is 9.29. The molecule has 0 amide bonds. The molecular formula is C42H32Br2N6Si. The molecule has 248 valence electrons.